The van der Waals surface area contributed by atoms with Gasteiger partial charge in [0, 0.05) is 12.3 Å². The van der Waals surface area contributed by atoms with Crippen molar-refractivity contribution < 1.29 is 4.39 Å². The van der Waals surface area contributed by atoms with Gasteiger partial charge in [0.25, 0.3) is 0 Å². The second kappa shape index (κ2) is 4.96. The van der Waals surface area contributed by atoms with Crippen LogP contribution in [0.5, 0.6) is 0 Å². The van der Waals surface area contributed by atoms with Crippen molar-refractivity contribution >= 4 is 34.9 Å². The molecular weight excluding hydrogens is 299 g/mol. The first-order chi connectivity index (χ1) is 9.54. The van der Waals surface area contributed by atoms with Crippen molar-refractivity contribution in [2.24, 2.45) is 0 Å². The minimum absolute atomic E-state index is 0.0686. The van der Waals surface area contributed by atoms with Gasteiger partial charge in [0.1, 0.15) is 11.6 Å². The summed E-state index contributed by atoms with van der Waals surface area (Å²) in [5.41, 5.74) is 2.19. The topological polar surface area (TPSA) is 46.5 Å². The van der Waals surface area contributed by atoms with E-state index >= 15 is 0 Å². The third-order valence-corrected chi connectivity index (χ3v) is 3.58. The molecule has 0 bridgehead atoms. The zero-order chi connectivity index (χ0) is 14.3. The van der Waals surface area contributed by atoms with Crippen molar-refractivity contribution in [1.29, 1.82) is 0 Å². The Hall–Kier alpha value is -1.79. The summed E-state index contributed by atoms with van der Waals surface area (Å²) in [6, 6.07) is 4.72. The Labute approximate surface area is 124 Å². The maximum Gasteiger partial charge on any atom is 0.178 e. The van der Waals surface area contributed by atoms with Crippen LogP contribution in [-0.2, 0) is 6.54 Å². The van der Waals surface area contributed by atoms with E-state index in [0.29, 0.717) is 22.7 Å². The normalized spacial score (nSPS) is 11.2. The maximum absolute atomic E-state index is 13.5. The molecule has 0 unspecified atom stereocenters. The summed E-state index contributed by atoms with van der Waals surface area (Å²) in [5.74, 6) is 0.221. The Morgan fingerprint density at radius 3 is 3.00 bits per heavy atom. The van der Waals surface area contributed by atoms with E-state index in [1.165, 1.54) is 6.07 Å². The van der Waals surface area contributed by atoms with Crippen molar-refractivity contribution in [1.82, 2.24) is 19.5 Å². The first-order valence-electron chi connectivity index (χ1n) is 5.90. The van der Waals surface area contributed by atoms with Gasteiger partial charge >= 0.3 is 0 Å². The maximum atomic E-state index is 13.5. The number of benzene rings is 1. The number of hydrogen-bond donors (Lipinski definition) is 1. The fourth-order valence-corrected chi connectivity index (χ4v) is 2.49. The highest BCUT2D eigenvalue weighted by molar-refractivity contribution is 7.71. The van der Waals surface area contributed by atoms with Crippen LogP contribution in [0.1, 0.15) is 11.5 Å². The fraction of sp³-hybridized carbons (Fsp3) is 0.154. The zero-order valence-corrected chi connectivity index (χ0v) is 12.1. The number of aromatic nitrogens is 4. The molecule has 1 aromatic carbocycles. The van der Waals surface area contributed by atoms with E-state index in [1.807, 2.05) is 17.6 Å². The van der Waals surface area contributed by atoms with Crippen LogP contribution < -0.4 is 0 Å². The highest BCUT2D eigenvalue weighted by Crippen LogP contribution is 2.23. The molecule has 7 heteroatoms. The summed E-state index contributed by atoms with van der Waals surface area (Å²) in [6.45, 7) is 2.30. The van der Waals surface area contributed by atoms with Gasteiger partial charge in [0.05, 0.1) is 28.3 Å². The SMILES string of the molecule is Cc1nccc(Cn2c(=S)[nH]c3cc(F)c(Cl)cc32)n1. The van der Waals surface area contributed by atoms with E-state index in [-0.39, 0.29) is 5.02 Å². The van der Waals surface area contributed by atoms with E-state index in [1.54, 1.807) is 12.3 Å². The zero-order valence-electron chi connectivity index (χ0n) is 10.5. The van der Waals surface area contributed by atoms with Crippen LogP contribution in [-0.4, -0.2) is 19.5 Å². The number of fused-ring (bicyclic) bond motifs is 1. The Morgan fingerprint density at radius 2 is 2.25 bits per heavy atom. The molecule has 0 radical (unpaired) electrons. The summed E-state index contributed by atoms with van der Waals surface area (Å²) < 4.78 is 15.8. The second-order valence-electron chi connectivity index (χ2n) is 4.39. The summed E-state index contributed by atoms with van der Waals surface area (Å²) in [6.07, 6.45) is 1.70. The van der Waals surface area contributed by atoms with Crippen LogP contribution in [0.3, 0.4) is 0 Å². The van der Waals surface area contributed by atoms with Crippen LogP contribution in [0.15, 0.2) is 24.4 Å². The molecule has 3 rings (SSSR count). The lowest BCUT2D eigenvalue weighted by atomic mass is 10.3. The van der Waals surface area contributed by atoms with Crippen LogP contribution in [0, 0.1) is 17.5 Å². The van der Waals surface area contributed by atoms with Gasteiger partial charge in [-0.25, -0.2) is 14.4 Å². The molecule has 2 heterocycles. The van der Waals surface area contributed by atoms with E-state index in [4.69, 9.17) is 23.8 Å². The van der Waals surface area contributed by atoms with E-state index < -0.39 is 5.82 Å². The number of halogens is 2. The molecule has 1 N–H and O–H groups in total. The average molecular weight is 309 g/mol. The lowest BCUT2D eigenvalue weighted by molar-refractivity contribution is 0.629. The first-order valence-corrected chi connectivity index (χ1v) is 6.69. The van der Waals surface area contributed by atoms with Crippen molar-refractivity contribution in [3.05, 3.63) is 51.5 Å². The van der Waals surface area contributed by atoms with Gasteiger partial charge in [0.2, 0.25) is 0 Å². The molecule has 102 valence electrons. The number of H-pyrrole nitrogens is 1. The van der Waals surface area contributed by atoms with Crippen LogP contribution in [0.25, 0.3) is 11.0 Å². The van der Waals surface area contributed by atoms with Crippen molar-refractivity contribution in [3.8, 4) is 0 Å². The molecule has 0 amide bonds. The Kier molecular flexibility index (Phi) is 3.27. The lowest BCUT2D eigenvalue weighted by Crippen LogP contribution is -2.03. The minimum atomic E-state index is -0.472. The standard InChI is InChI=1S/C13H10ClFN4S/c1-7-16-3-2-8(17-7)6-19-12-4-9(14)10(15)5-11(12)18-13(19)20/h2-5H,6H2,1H3,(H,18,20). The molecule has 0 aliphatic rings. The van der Waals surface area contributed by atoms with Gasteiger partial charge < -0.3 is 9.55 Å². The van der Waals surface area contributed by atoms with Crippen LogP contribution >= 0.6 is 23.8 Å². The number of rotatable bonds is 2. The Morgan fingerprint density at radius 1 is 1.45 bits per heavy atom. The smallest absolute Gasteiger partial charge is 0.178 e. The van der Waals surface area contributed by atoms with E-state index in [9.17, 15) is 4.39 Å². The first kappa shape index (κ1) is 13.2. The number of imidazole rings is 1. The lowest BCUT2D eigenvalue weighted by Gasteiger charge is -2.05. The molecule has 4 nitrogen and oxygen atoms in total. The van der Waals surface area contributed by atoms with Crippen molar-refractivity contribution in [2.75, 3.05) is 0 Å². The van der Waals surface area contributed by atoms with Gasteiger partial charge in [-0.3, -0.25) is 0 Å². The number of aromatic amines is 1. The van der Waals surface area contributed by atoms with Gasteiger partial charge in [-0.2, -0.15) is 0 Å². The number of nitrogens with zero attached hydrogens (tertiary/aromatic N) is 3. The molecule has 3 aromatic rings. The molecule has 0 atom stereocenters. The Balaban J connectivity index is 2.14. The monoisotopic (exact) mass is 308 g/mol. The van der Waals surface area contributed by atoms with Gasteiger partial charge in [-0.1, -0.05) is 11.6 Å². The van der Waals surface area contributed by atoms with Gasteiger partial charge in [-0.15, -0.1) is 0 Å². The molecule has 2 aromatic heterocycles. The number of aryl methyl sites for hydroxylation is 1. The predicted octanol–water partition coefficient (Wildman–Crippen LogP) is 3.64. The molecule has 0 aliphatic heterocycles. The second-order valence-corrected chi connectivity index (χ2v) is 5.19. The van der Waals surface area contributed by atoms with E-state index in [2.05, 4.69) is 15.0 Å². The largest absolute Gasteiger partial charge is 0.330 e. The van der Waals surface area contributed by atoms with Crippen molar-refractivity contribution in [2.45, 2.75) is 13.5 Å². The Bertz CT molecular complexity index is 855. The van der Waals surface area contributed by atoms with Gasteiger partial charge in [0.15, 0.2) is 4.77 Å². The van der Waals surface area contributed by atoms with Crippen LogP contribution in [0.2, 0.25) is 5.02 Å². The molecule has 0 fully saturated rings. The molecule has 0 saturated heterocycles. The fourth-order valence-electron chi connectivity index (χ4n) is 2.06. The van der Waals surface area contributed by atoms with Crippen LogP contribution in [0.4, 0.5) is 4.39 Å². The third kappa shape index (κ3) is 2.32. The number of nitrogens with one attached hydrogen (secondary N) is 1. The quantitative estimate of drug-likeness (QED) is 0.735. The predicted molar refractivity (Wildman–Crippen MR) is 78.0 cm³/mol. The highest BCUT2D eigenvalue weighted by atomic mass is 35.5. The molecular formula is C13H10ClFN4S. The molecule has 0 saturated carbocycles. The number of hydrogen-bond acceptors (Lipinski definition) is 3. The van der Waals surface area contributed by atoms with E-state index in [0.717, 1.165) is 11.2 Å². The van der Waals surface area contributed by atoms with Crippen molar-refractivity contribution in [3.63, 3.8) is 0 Å². The minimum Gasteiger partial charge on any atom is -0.330 e. The summed E-state index contributed by atoms with van der Waals surface area (Å²) in [4.78, 5) is 11.4. The summed E-state index contributed by atoms with van der Waals surface area (Å²) in [5, 5.41) is 0.0686. The molecule has 20 heavy (non-hydrogen) atoms. The third-order valence-electron chi connectivity index (χ3n) is 2.97. The highest BCUT2D eigenvalue weighted by Gasteiger charge is 2.10. The average Bonchev–Trinajstić information content (AvgIpc) is 2.67. The van der Waals surface area contributed by atoms with Gasteiger partial charge in [-0.05, 0) is 31.3 Å². The molecule has 0 spiro atoms. The summed E-state index contributed by atoms with van der Waals surface area (Å²) in [7, 11) is 0. The summed E-state index contributed by atoms with van der Waals surface area (Å²) >= 11 is 11.1. The molecule has 0 aliphatic carbocycles.